The molecule has 0 saturated carbocycles. The van der Waals surface area contributed by atoms with Crippen molar-refractivity contribution in [2.45, 2.75) is 19.0 Å². The van der Waals surface area contributed by atoms with Crippen LogP contribution in [0.5, 0.6) is 0 Å². The van der Waals surface area contributed by atoms with Gasteiger partial charge >= 0.3 is 6.03 Å². The number of fused-ring (bicyclic) bond motifs is 1. The van der Waals surface area contributed by atoms with E-state index in [0.717, 1.165) is 16.4 Å². The summed E-state index contributed by atoms with van der Waals surface area (Å²) in [7, 11) is 0. The van der Waals surface area contributed by atoms with E-state index in [1.54, 1.807) is 31.3 Å². The minimum atomic E-state index is -1.39. The van der Waals surface area contributed by atoms with Crippen molar-refractivity contribution in [3.8, 4) is 0 Å². The highest BCUT2D eigenvalue weighted by atomic mass is 35.5. The number of amides is 3. The molecule has 2 heterocycles. The first kappa shape index (κ1) is 18.7. The molecule has 4 rings (SSSR count). The molecule has 28 heavy (non-hydrogen) atoms. The molecule has 2 aromatic carbocycles. The van der Waals surface area contributed by atoms with Crippen LogP contribution < -0.4 is 5.32 Å². The lowest BCUT2D eigenvalue weighted by atomic mass is 9.92. The molecule has 0 radical (unpaired) electrons. The van der Waals surface area contributed by atoms with Gasteiger partial charge in [0.2, 0.25) is 0 Å². The minimum Gasteiger partial charge on any atom is -0.319 e. The molecule has 0 bridgehead atoms. The third kappa shape index (κ3) is 2.89. The van der Waals surface area contributed by atoms with Crippen molar-refractivity contribution in [1.82, 2.24) is 15.2 Å². The van der Waals surface area contributed by atoms with Gasteiger partial charge in [0.25, 0.3) is 5.91 Å². The monoisotopic (exact) mass is 417 g/mol. The molecule has 0 aliphatic carbocycles. The summed E-state index contributed by atoms with van der Waals surface area (Å²) >= 11 is 12.3. The maximum absolute atomic E-state index is 13.4. The molecule has 0 spiro atoms. The topological polar surface area (TPSA) is 62.3 Å². The standard InChI is InChI=1S/C20H14Cl2FN3O2/c1-20(14-6-5-12(23)9-16(14)22)18(27)26(19(28)25-20)10-11-4-7-15(21)13-3-2-8-24-17(11)13/h2-9H,10H2,1H3,(H,25,28). The zero-order valence-corrected chi connectivity index (χ0v) is 16.2. The van der Waals surface area contributed by atoms with Gasteiger partial charge in [-0.3, -0.25) is 14.7 Å². The van der Waals surface area contributed by atoms with Crippen molar-refractivity contribution in [3.63, 3.8) is 0 Å². The highest BCUT2D eigenvalue weighted by Crippen LogP contribution is 2.35. The summed E-state index contributed by atoms with van der Waals surface area (Å²) in [5.41, 5.74) is 0.231. The van der Waals surface area contributed by atoms with E-state index in [4.69, 9.17) is 23.2 Å². The van der Waals surface area contributed by atoms with E-state index in [9.17, 15) is 14.0 Å². The molecular weight excluding hydrogens is 404 g/mol. The van der Waals surface area contributed by atoms with Gasteiger partial charge in [0, 0.05) is 27.2 Å². The normalized spacial score (nSPS) is 19.4. The average Bonchev–Trinajstić information content (AvgIpc) is 2.87. The first-order valence-corrected chi connectivity index (χ1v) is 9.18. The highest BCUT2D eigenvalue weighted by molar-refractivity contribution is 6.35. The fourth-order valence-electron chi connectivity index (χ4n) is 3.41. The van der Waals surface area contributed by atoms with Crippen molar-refractivity contribution < 1.29 is 14.0 Å². The van der Waals surface area contributed by atoms with Gasteiger partial charge in [-0.15, -0.1) is 0 Å². The zero-order valence-electron chi connectivity index (χ0n) is 14.7. The third-order valence-electron chi connectivity index (χ3n) is 4.87. The first-order valence-electron chi connectivity index (χ1n) is 8.43. The van der Waals surface area contributed by atoms with Gasteiger partial charge in [0.15, 0.2) is 0 Å². The van der Waals surface area contributed by atoms with Crippen molar-refractivity contribution in [3.05, 3.63) is 75.7 Å². The van der Waals surface area contributed by atoms with Crippen LogP contribution in [0.25, 0.3) is 10.9 Å². The SMILES string of the molecule is CC1(c2ccc(F)cc2Cl)NC(=O)N(Cc2ccc(Cl)c3cccnc23)C1=O. The number of nitrogens with one attached hydrogen (secondary N) is 1. The van der Waals surface area contributed by atoms with Crippen LogP contribution in [-0.4, -0.2) is 21.8 Å². The van der Waals surface area contributed by atoms with Crippen LogP contribution in [0.15, 0.2) is 48.7 Å². The van der Waals surface area contributed by atoms with Crippen molar-refractivity contribution in [2.75, 3.05) is 0 Å². The Kier molecular flexibility index (Phi) is 4.48. The molecule has 3 amide bonds. The molecule has 5 nitrogen and oxygen atoms in total. The molecule has 1 aliphatic heterocycles. The number of pyridine rings is 1. The fraction of sp³-hybridized carbons (Fsp3) is 0.150. The second-order valence-corrected chi connectivity index (χ2v) is 7.49. The van der Waals surface area contributed by atoms with Gasteiger partial charge in [-0.25, -0.2) is 9.18 Å². The van der Waals surface area contributed by atoms with Crippen LogP contribution in [0.1, 0.15) is 18.1 Å². The number of benzene rings is 2. The smallest absolute Gasteiger partial charge is 0.319 e. The molecule has 1 saturated heterocycles. The van der Waals surface area contributed by atoms with E-state index < -0.39 is 23.3 Å². The molecule has 1 atom stereocenters. The van der Waals surface area contributed by atoms with Gasteiger partial charge < -0.3 is 5.32 Å². The number of rotatable bonds is 3. The Balaban J connectivity index is 1.72. The van der Waals surface area contributed by atoms with Gasteiger partial charge in [0.05, 0.1) is 12.1 Å². The number of hydrogen-bond acceptors (Lipinski definition) is 3. The predicted molar refractivity (Wildman–Crippen MR) is 105 cm³/mol. The lowest BCUT2D eigenvalue weighted by Gasteiger charge is -2.23. The number of hydrogen-bond donors (Lipinski definition) is 1. The first-order chi connectivity index (χ1) is 13.3. The Morgan fingerprint density at radius 2 is 1.93 bits per heavy atom. The second kappa shape index (κ2) is 6.72. The number of imide groups is 1. The molecule has 8 heteroatoms. The molecule has 1 unspecified atom stereocenters. The van der Waals surface area contributed by atoms with Gasteiger partial charge in [0.1, 0.15) is 11.4 Å². The molecule has 1 aliphatic rings. The number of aromatic nitrogens is 1. The van der Waals surface area contributed by atoms with Crippen LogP contribution in [-0.2, 0) is 16.9 Å². The van der Waals surface area contributed by atoms with E-state index in [2.05, 4.69) is 10.3 Å². The summed E-state index contributed by atoms with van der Waals surface area (Å²) in [4.78, 5) is 31.1. The van der Waals surface area contributed by atoms with Crippen molar-refractivity contribution in [2.24, 2.45) is 0 Å². The lowest BCUT2D eigenvalue weighted by Crippen LogP contribution is -2.41. The van der Waals surface area contributed by atoms with E-state index in [0.29, 0.717) is 21.7 Å². The van der Waals surface area contributed by atoms with Gasteiger partial charge in [-0.1, -0.05) is 35.3 Å². The number of carbonyl (C=O) groups is 2. The average molecular weight is 418 g/mol. The van der Waals surface area contributed by atoms with Gasteiger partial charge in [-0.05, 0) is 42.8 Å². The molecule has 142 valence electrons. The second-order valence-electron chi connectivity index (χ2n) is 6.68. The van der Waals surface area contributed by atoms with E-state index in [1.165, 1.54) is 12.1 Å². The largest absolute Gasteiger partial charge is 0.325 e. The maximum Gasteiger partial charge on any atom is 0.325 e. The van der Waals surface area contributed by atoms with Crippen molar-refractivity contribution >= 4 is 46.0 Å². The molecule has 1 aromatic heterocycles. The number of nitrogens with zero attached hydrogens (tertiary/aromatic N) is 2. The Hall–Kier alpha value is -2.70. The van der Waals surface area contributed by atoms with E-state index >= 15 is 0 Å². The van der Waals surface area contributed by atoms with E-state index in [-0.39, 0.29) is 11.6 Å². The van der Waals surface area contributed by atoms with Crippen LogP contribution in [0.2, 0.25) is 10.0 Å². The minimum absolute atomic E-state index is 0.0176. The van der Waals surface area contributed by atoms with E-state index in [1.807, 2.05) is 6.07 Å². The fourth-order valence-corrected chi connectivity index (χ4v) is 3.98. The highest BCUT2D eigenvalue weighted by Gasteiger charge is 2.50. The number of carbonyl (C=O) groups excluding carboxylic acids is 2. The molecular formula is C20H14Cl2FN3O2. The number of urea groups is 1. The lowest BCUT2D eigenvalue weighted by molar-refractivity contribution is -0.131. The molecule has 1 fully saturated rings. The predicted octanol–water partition coefficient (Wildman–Crippen LogP) is 4.65. The van der Waals surface area contributed by atoms with Crippen LogP contribution in [0.3, 0.4) is 0 Å². The van der Waals surface area contributed by atoms with Crippen LogP contribution in [0, 0.1) is 5.82 Å². The van der Waals surface area contributed by atoms with Crippen molar-refractivity contribution in [1.29, 1.82) is 0 Å². The summed E-state index contributed by atoms with van der Waals surface area (Å²) < 4.78 is 13.4. The molecule has 1 N–H and O–H groups in total. The Labute approximate surface area is 170 Å². The quantitative estimate of drug-likeness (QED) is 0.630. The summed E-state index contributed by atoms with van der Waals surface area (Å²) in [5, 5.41) is 4.01. The van der Waals surface area contributed by atoms with Crippen LogP contribution in [0.4, 0.5) is 9.18 Å². The maximum atomic E-state index is 13.4. The third-order valence-corrected chi connectivity index (χ3v) is 5.52. The van der Waals surface area contributed by atoms with Crippen LogP contribution >= 0.6 is 23.2 Å². The zero-order chi connectivity index (χ0) is 20.1. The Morgan fingerprint density at radius 1 is 1.14 bits per heavy atom. The molecule has 3 aromatic rings. The Bertz CT molecular complexity index is 1140. The summed E-state index contributed by atoms with van der Waals surface area (Å²) in [6.45, 7) is 1.56. The summed E-state index contributed by atoms with van der Waals surface area (Å²) in [6.07, 6.45) is 1.62. The summed E-state index contributed by atoms with van der Waals surface area (Å²) in [6, 6.07) is 10.2. The summed E-state index contributed by atoms with van der Waals surface area (Å²) in [5.74, 6) is -1.00. The Morgan fingerprint density at radius 3 is 2.68 bits per heavy atom. The number of halogens is 3. The van der Waals surface area contributed by atoms with Gasteiger partial charge in [-0.2, -0.15) is 0 Å².